The van der Waals surface area contributed by atoms with Crippen LogP contribution in [0, 0.1) is 11.3 Å². The molecule has 1 aromatic rings. The number of rotatable bonds is 6. The van der Waals surface area contributed by atoms with Crippen LogP contribution in [0.2, 0.25) is 0 Å². The smallest absolute Gasteiger partial charge is 0.0363 e. The molecule has 0 bridgehead atoms. The normalized spacial score (nSPS) is 18.0. The van der Waals surface area contributed by atoms with E-state index in [9.17, 15) is 0 Å². The van der Waals surface area contributed by atoms with E-state index in [4.69, 9.17) is 0 Å². The van der Waals surface area contributed by atoms with Crippen LogP contribution in [-0.4, -0.2) is 11.1 Å². The molecule has 1 N–H and O–H groups in total. The van der Waals surface area contributed by atoms with Crippen molar-refractivity contribution in [1.29, 1.82) is 0 Å². The molecule has 0 amide bonds. The summed E-state index contributed by atoms with van der Waals surface area (Å²) in [5.41, 5.74) is 1.90. The predicted molar refractivity (Wildman–Crippen MR) is 77.6 cm³/mol. The van der Waals surface area contributed by atoms with Gasteiger partial charge in [-0.1, -0.05) is 27.7 Å². The van der Waals surface area contributed by atoms with Crippen molar-refractivity contribution in [2.24, 2.45) is 11.3 Å². The molecule has 2 nitrogen and oxygen atoms in total. The minimum Gasteiger partial charge on any atom is -0.354 e. The number of aromatic nitrogens is 1. The molecule has 1 unspecified atom stereocenters. The van der Waals surface area contributed by atoms with E-state index in [0.717, 1.165) is 19.0 Å². The lowest BCUT2D eigenvalue weighted by Crippen LogP contribution is -2.22. The van der Waals surface area contributed by atoms with Gasteiger partial charge in [-0.3, -0.25) is 0 Å². The Balaban J connectivity index is 1.95. The summed E-state index contributed by atoms with van der Waals surface area (Å²) in [6, 6.07) is 2.89. The molecule has 0 saturated heterocycles. The monoisotopic (exact) mass is 248 g/mol. The average molecular weight is 248 g/mol. The molecule has 0 spiro atoms. The van der Waals surface area contributed by atoms with Gasteiger partial charge in [0.05, 0.1) is 0 Å². The van der Waals surface area contributed by atoms with Crippen LogP contribution < -0.4 is 5.32 Å². The first-order valence-electron chi connectivity index (χ1n) is 7.38. The van der Waals surface area contributed by atoms with Crippen LogP contribution in [0.3, 0.4) is 0 Å². The molecule has 2 rings (SSSR count). The molecule has 1 aliphatic carbocycles. The van der Waals surface area contributed by atoms with Crippen molar-refractivity contribution in [3.63, 3.8) is 0 Å². The zero-order chi connectivity index (χ0) is 13.2. The summed E-state index contributed by atoms with van der Waals surface area (Å²) in [6.45, 7) is 11.3. The summed E-state index contributed by atoms with van der Waals surface area (Å²) in [6.07, 6.45) is 8.61. The number of aryl methyl sites for hydroxylation is 1. The SMILES string of the molecule is CCNC(c1ccn(CCC(C)(C)C)c1)C1CC1. The Hall–Kier alpha value is -0.760. The van der Waals surface area contributed by atoms with Crippen LogP contribution in [-0.2, 0) is 6.54 Å². The Morgan fingerprint density at radius 2 is 2.11 bits per heavy atom. The average Bonchev–Trinajstić information content (AvgIpc) is 3.01. The van der Waals surface area contributed by atoms with Gasteiger partial charge in [-0.05, 0) is 48.8 Å². The third kappa shape index (κ3) is 3.88. The molecule has 0 aromatic carbocycles. The Labute approximate surface area is 112 Å². The van der Waals surface area contributed by atoms with Gasteiger partial charge in [0.15, 0.2) is 0 Å². The molecule has 1 heterocycles. The molecule has 1 fully saturated rings. The molecule has 0 radical (unpaired) electrons. The summed E-state index contributed by atoms with van der Waals surface area (Å²) in [5, 5.41) is 3.63. The lowest BCUT2D eigenvalue weighted by atomic mass is 9.92. The highest BCUT2D eigenvalue weighted by atomic mass is 15.0. The van der Waals surface area contributed by atoms with Gasteiger partial charge in [0.1, 0.15) is 0 Å². The van der Waals surface area contributed by atoms with Crippen molar-refractivity contribution in [2.75, 3.05) is 6.54 Å². The van der Waals surface area contributed by atoms with E-state index < -0.39 is 0 Å². The Kier molecular flexibility index (Phi) is 4.16. The molecule has 18 heavy (non-hydrogen) atoms. The van der Waals surface area contributed by atoms with Gasteiger partial charge in [0.2, 0.25) is 0 Å². The van der Waals surface area contributed by atoms with E-state index in [1.165, 1.54) is 24.8 Å². The predicted octanol–water partition coefficient (Wildman–Crippen LogP) is 3.98. The molecule has 0 aliphatic heterocycles. The summed E-state index contributed by atoms with van der Waals surface area (Å²) in [5.74, 6) is 0.878. The van der Waals surface area contributed by atoms with E-state index in [-0.39, 0.29) is 0 Å². The maximum Gasteiger partial charge on any atom is 0.0363 e. The molecular formula is C16H28N2. The largest absolute Gasteiger partial charge is 0.354 e. The van der Waals surface area contributed by atoms with Gasteiger partial charge in [-0.25, -0.2) is 0 Å². The molecule has 1 aliphatic rings. The second-order valence-electron chi connectivity index (χ2n) is 6.87. The highest BCUT2D eigenvalue weighted by Crippen LogP contribution is 2.41. The quantitative estimate of drug-likeness (QED) is 0.805. The molecule has 2 heteroatoms. The zero-order valence-corrected chi connectivity index (χ0v) is 12.4. The fraction of sp³-hybridized carbons (Fsp3) is 0.750. The van der Waals surface area contributed by atoms with Crippen molar-refractivity contribution >= 4 is 0 Å². The van der Waals surface area contributed by atoms with Crippen LogP contribution >= 0.6 is 0 Å². The van der Waals surface area contributed by atoms with Crippen molar-refractivity contribution in [1.82, 2.24) is 9.88 Å². The van der Waals surface area contributed by atoms with Crippen LogP contribution in [0.1, 0.15) is 58.6 Å². The van der Waals surface area contributed by atoms with Crippen molar-refractivity contribution < 1.29 is 0 Å². The topological polar surface area (TPSA) is 17.0 Å². The number of nitrogens with zero attached hydrogens (tertiary/aromatic N) is 1. The summed E-state index contributed by atoms with van der Waals surface area (Å²) >= 11 is 0. The first kappa shape index (κ1) is 13.7. The zero-order valence-electron chi connectivity index (χ0n) is 12.4. The Morgan fingerprint density at radius 3 is 2.67 bits per heavy atom. The third-order valence-electron chi connectivity index (χ3n) is 3.77. The van der Waals surface area contributed by atoms with Gasteiger partial charge in [0.25, 0.3) is 0 Å². The van der Waals surface area contributed by atoms with Crippen LogP contribution in [0.5, 0.6) is 0 Å². The van der Waals surface area contributed by atoms with Gasteiger partial charge in [0, 0.05) is 25.0 Å². The van der Waals surface area contributed by atoms with Crippen molar-refractivity contribution in [2.45, 2.75) is 59.5 Å². The molecule has 1 aromatic heterocycles. The van der Waals surface area contributed by atoms with Gasteiger partial charge >= 0.3 is 0 Å². The van der Waals surface area contributed by atoms with Crippen LogP contribution in [0.25, 0.3) is 0 Å². The number of nitrogens with one attached hydrogen (secondary N) is 1. The van der Waals surface area contributed by atoms with Crippen molar-refractivity contribution in [3.05, 3.63) is 24.0 Å². The van der Waals surface area contributed by atoms with Gasteiger partial charge in [-0.2, -0.15) is 0 Å². The van der Waals surface area contributed by atoms with Crippen LogP contribution in [0.15, 0.2) is 18.5 Å². The number of hydrogen-bond acceptors (Lipinski definition) is 1. The fourth-order valence-electron chi connectivity index (χ4n) is 2.45. The van der Waals surface area contributed by atoms with Gasteiger partial charge in [-0.15, -0.1) is 0 Å². The molecule has 1 saturated carbocycles. The fourth-order valence-corrected chi connectivity index (χ4v) is 2.45. The van der Waals surface area contributed by atoms with E-state index in [0.29, 0.717) is 11.5 Å². The highest BCUT2D eigenvalue weighted by molar-refractivity contribution is 5.18. The Bertz CT molecular complexity index is 369. The first-order chi connectivity index (χ1) is 8.49. The second-order valence-corrected chi connectivity index (χ2v) is 6.87. The lowest BCUT2D eigenvalue weighted by Gasteiger charge is -2.18. The van der Waals surface area contributed by atoms with Crippen LogP contribution in [0.4, 0.5) is 0 Å². The van der Waals surface area contributed by atoms with Crippen molar-refractivity contribution in [3.8, 4) is 0 Å². The lowest BCUT2D eigenvalue weighted by molar-refractivity contribution is 0.350. The van der Waals surface area contributed by atoms with Gasteiger partial charge < -0.3 is 9.88 Å². The summed E-state index contributed by atoms with van der Waals surface area (Å²) in [7, 11) is 0. The Morgan fingerprint density at radius 1 is 1.39 bits per heavy atom. The molecule has 102 valence electrons. The number of hydrogen-bond donors (Lipinski definition) is 1. The summed E-state index contributed by atoms with van der Waals surface area (Å²) in [4.78, 5) is 0. The molecule has 1 atom stereocenters. The minimum atomic E-state index is 0.419. The highest BCUT2D eigenvalue weighted by Gasteiger charge is 2.32. The standard InChI is InChI=1S/C16H28N2/c1-5-17-15(13-6-7-13)14-8-10-18(12-14)11-9-16(2,3)4/h8,10,12-13,15,17H,5-7,9,11H2,1-4H3. The third-order valence-corrected chi connectivity index (χ3v) is 3.77. The van der Waals surface area contributed by atoms with E-state index in [2.05, 4.69) is 56.0 Å². The van der Waals surface area contributed by atoms with E-state index >= 15 is 0 Å². The maximum absolute atomic E-state index is 3.63. The molecular weight excluding hydrogens is 220 g/mol. The second kappa shape index (κ2) is 5.48. The minimum absolute atomic E-state index is 0.419. The maximum atomic E-state index is 3.63. The van der Waals surface area contributed by atoms with E-state index in [1.807, 2.05) is 0 Å². The first-order valence-corrected chi connectivity index (χ1v) is 7.38. The summed E-state index contributed by atoms with van der Waals surface area (Å²) < 4.78 is 2.35. The van der Waals surface area contributed by atoms with E-state index in [1.54, 1.807) is 0 Å².